The Labute approximate surface area is 125 Å². The zero-order valence-corrected chi connectivity index (χ0v) is 12.1. The number of hydrogen-bond acceptors (Lipinski definition) is 6. The van der Waals surface area contributed by atoms with Gasteiger partial charge in [-0.05, 0) is 12.5 Å². The molecule has 10 heteroatoms. The molecule has 0 aromatic heterocycles. The van der Waals surface area contributed by atoms with E-state index in [0.717, 1.165) is 6.07 Å². The highest BCUT2D eigenvalue weighted by Gasteiger charge is 2.30. The summed E-state index contributed by atoms with van der Waals surface area (Å²) in [4.78, 5) is 33.4. The predicted molar refractivity (Wildman–Crippen MR) is 76.9 cm³/mol. The maximum Gasteiger partial charge on any atom is 0.313 e. The molecule has 1 saturated heterocycles. The first-order valence-corrected chi connectivity index (χ1v) is 8.16. The number of nitro benzene ring substituents is 1. The van der Waals surface area contributed by atoms with Crippen molar-refractivity contribution in [1.82, 2.24) is 5.32 Å². The molecule has 0 bridgehead atoms. The second kappa shape index (κ2) is 6.10. The van der Waals surface area contributed by atoms with Gasteiger partial charge in [-0.2, -0.15) is 0 Å². The van der Waals surface area contributed by atoms with Crippen LogP contribution in [0.4, 0.5) is 11.4 Å². The first kappa shape index (κ1) is 15.9. The number of carbonyl (C=O) groups excluding carboxylic acids is 2. The van der Waals surface area contributed by atoms with Crippen LogP contribution in [0.15, 0.2) is 24.3 Å². The molecule has 1 unspecified atom stereocenters. The number of non-ortho nitro benzene ring substituents is 1. The number of benzene rings is 1. The maximum absolute atomic E-state index is 11.7. The van der Waals surface area contributed by atoms with Crippen LogP contribution in [0.5, 0.6) is 0 Å². The second-order valence-corrected chi connectivity index (χ2v) is 7.06. The van der Waals surface area contributed by atoms with E-state index in [4.69, 9.17) is 0 Å². The molecule has 1 heterocycles. The van der Waals surface area contributed by atoms with Gasteiger partial charge in [-0.25, -0.2) is 8.42 Å². The smallest absolute Gasteiger partial charge is 0.313 e. The van der Waals surface area contributed by atoms with Crippen LogP contribution in [0.3, 0.4) is 0 Å². The molecule has 1 aromatic rings. The van der Waals surface area contributed by atoms with E-state index in [0.29, 0.717) is 0 Å². The highest BCUT2D eigenvalue weighted by Crippen LogP contribution is 2.17. The lowest BCUT2D eigenvalue weighted by molar-refractivity contribution is -0.384. The Morgan fingerprint density at radius 3 is 2.59 bits per heavy atom. The molecule has 1 fully saturated rings. The summed E-state index contributed by atoms with van der Waals surface area (Å²) in [6.07, 6.45) is 0.262. The fourth-order valence-electron chi connectivity index (χ4n) is 2.04. The minimum Gasteiger partial charge on any atom is -0.344 e. The van der Waals surface area contributed by atoms with Crippen molar-refractivity contribution in [1.29, 1.82) is 0 Å². The molecule has 9 nitrogen and oxygen atoms in total. The number of carbonyl (C=O) groups is 2. The van der Waals surface area contributed by atoms with Gasteiger partial charge in [0.25, 0.3) is 5.69 Å². The summed E-state index contributed by atoms with van der Waals surface area (Å²) in [5.74, 6) is -2.20. The number of anilines is 1. The Hall–Kier alpha value is -2.49. The van der Waals surface area contributed by atoms with Gasteiger partial charge in [0, 0.05) is 23.9 Å². The Bertz CT molecular complexity index is 730. The van der Waals surface area contributed by atoms with Crippen molar-refractivity contribution in [3.8, 4) is 0 Å². The molecule has 2 amide bonds. The van der Waals surface area contributed by atoms with Crippen LogP contribution < -0.4 is 10.6 Å². The Balaban J connectivity index is 1.96. The highest BCUT2D eigenvalue weighted by molar-refractivity contribution is 7.91. The third-order valence-corrected chi connectivity index (χ3v) is 4.86. The second-order valence-electron chi connectivity index (χ2n) is 4.83. The van der Waals surface area contributed by atoms with Crippen molar-refractivity contribution in [2.24, 2.45) is 0 Å². The largest absolute Gasteiger partial charge is 0.344 e. The number of nitro groups is 1. The average Bonchev–Trinajstić information content (AvgIpc) is 2.78. The molecule has 1 atom stereocenters. The lowest BCUT2D eigenvalue weighted by Crippen LogP contribution is -2.42. The van der Waals surface area contributed by atoms with Crippen LogP contribution in [0.1, 0.15) is 6.42 Å². The first-order valence-electron chi connectivity index (χ1n) is 6.33. The quantitative estimate of drug-likeness (QED) is 0.450. The van der Waals surface area contributed by atoms with E-state index >= 15 is 0 Å². The first-order chi connectivity index (χ1) is 10.3. The van der Waals surface area contributed by atoms with E-state index in [-0.39, 0.29) is 29.3 Å². The predicted octanol–water partition coefficient (Wildman–Crippen LogP) is -0.163. The zero-order valence-electron chi connectivity index (χ0n) is 11.3. The van der Waals surface area contributed by atoms with Gasteiger partial charge in [0.15, 0.2) is 9.84 Å². The number of nitrogens with one attached hydrogen (secondary N) is 2. The zero-order chi connectivity index (χ0) is 16.3. The summed E-state index contributed by atoms with van der Waals surface area (Å²) in [5.41, 5.74) is -0.117. The van der Waals surface area contributed by atoms with Gasteiger partial charge in [-0.15, -0.1) is 0 Å². The fraction of sp³-hybridized carbons (Fsp3) is 0.333. The molecule has 2 N–H and O–H groups in total. The topological polar surface area (TPSA) is 135 Å². The maximum atomic E-state index is 11.7. The van der Waals surface area contributed by atoms with Gasteiger partial charge in [0.2, 0.25) is 0 Å². The van der Waals surface area contributed by atoms with Gasteiger partial charge < -0.3 is 10.6 Å². The van der Waals surface area contributed by atoms with E-state index in [1.165, 1.54) is 18.2 Å². The van der Waals surface area contributed by atoms with Crippen molar-refractivity contribution in [3.05, 3.63) is 34.4 Å². The molecular formula is C12H13N3O6S. The van der Waals surface area contributed by atoms with Crippen LogP contribution >= 0.6 is 0 Å². The lowest BCUT2D eigenvalue weighted by atomic mass is 10.2. The van der Waals surface area contributed by atoms with Crippen LogP contribution in [-0.2, 0) is 19.4 Å². The molecule has 118 valence electrons. The molecule has 0 aliphatic carbocycles. The third-order valence-electron chi connectivity index (χ3n) is 3.09. The fourth-order valence-corrected chi connectivity index (χ4v) is 3.72. The molecule has 0 saturated carbocycles. The third kappa shape index (κ3) is 4.01. The van der Waals surface area contributed by atoms with Crippen molar-refractivity contribution in [3.63, 3.8) is 0 Å². The summed E-state index contributed by atoms with van der Waals surface area (Å²) in [6.45, 7) is 0. The Morgan fingerprint density at radius 2 is 2.00 bits per heavy atom. The summed E-state index contributed by atoms with van der Waals surface area (Å²) in [5, 5.41) is 15.2. The number of hydrogen-bond donors (Lipinski definition) is 2. The SMILES string of the molecule is O=C(Nc1cccc([N+](=O)[O-])c1)C(=O)NC1CCS(=O)(=O)C1. The molecular weight excluding hydrogens is 314 g/mol. The number of sulfone groups is 1. The molecule has 22 heavy (non-hydrogen) atoms. The van der Waals surface area contributed by atoms with E-state index in [1.54, 1.807) is 0 Å². The number of rotatable bonds is 3. The highest BCUT2D eigenvalue weighted by atomic mass is 32.2. The van der Waals surface area contributed by atoms with Crippen LogP contribution in [0, 0.1) is 10.1 Å². The van der Waals surface area contributed by atoms with Gasteiger partial charge in [0.05, 0.1) is 16.4 Å². The molecule has 0 radical (unpaired) electrons. The summed E-state index contributed by atoms with van der Waals surface area (Å²) in [6, 6.07) is 4.55. The van der Waals surface area contributed by atoms with Crippen LogP contribution in [0.25, 0.3) is 0 Å². The number of nitrogens with zero attached hydrogens (tertiary/aromatic N) is 1. The minimum atomic E-state index is -3.16. The number of amides is 2. The van der Waals surface area contributed by atoms with Crippen molar-refractivity contribution >= 4 is 33.0 Å². The summed E-state index contributed by atoms with van der Waals surface area (Å²) >= 11 is 0. The molecule has 1 aliphatic rings. The van der Waals surface area contributed by atoms with E-state index < -0.39 is 32.6 Å². The van der Waals surface area contributed by atoms with Gasteiger partial charge in [0.1, 0.15) is 0 Å². The van der Waals surface area contributed by atoms with Crippen LogP contribution in [-0.4, -0.2) is 42.7 Å². The van der Waals surface area contributed by atoms with Crippen molar-refractivity contribution in [2.45, 2.75) is 12.5 Å². The van der Waals surface area contributed by atoms with E-state index in [9.17, 15) is 28.1 Å². The van der Waals surface area contributed by atoms with Crippen molar-refractivity contribution < 1.29 is 22.9 Å². The Morgan fingerprint density at radius 1 is 1.27 bits per heavy atom. The Kier molecular flexibility index (Phi) is 4.40. The van der Waals surface area contributed by atoms with Gasteiger partial charge in [-0.1, -0.05) is 6.07 Å². The van der Waals surface area contributed by atoms with Crippen molar-refractivity contribution in [2.75, 3.05) is 16.8 Å². The minimum absolute atomic E-state index is 0.0234. The van der Waals surface area contributed by atoms with E-state index in [2.05, 4.69) is 10.6 Å². The van der Waals surface area contributed by atoms with Gasteiger partial charge in [-0.3, -0.25) is 19.7 Å². The van der Waals surface area contributed by atoms with Gasteiger partial charge >= 0.3 is 11.8 Å². The molecule has 1 aliphatic heterocycles. The average molecular weight is 327 g/mol. The lowest BCUT2D eigenvalue weighted by Gasteiger charge is -2.10. The van der Waals surface area contributed by atoms with E-state index in [1.807, 2.05) is 0 Å². The monoisotopic (exact) mass is 327 g/mol. The summed E-state index contributed by atoms with van der Waals surface area (Å²) in [7, 11) is -3.16. The summed E-state index contributed by atoms with van der Waals surface area (Å²) < 4.78 is 22.5. The molecule has 1 aromatic carbocycles. The van der Waals surface area contributed by atoms with Crippen LogP contribution in [0.2, 0.25) is 0 Å². The molecule has 0 spiro atoms. The molecule has 2 rings (SSSR count). The standard InChI is InChI=1S/C12H13N3O6S/c16-11(12(17)14-9-4-5-22(20,21)7-9)13-8-2-1-3-10(6-8)15(18)19/h1-3,6,9H,4-5,7H2,(H,13,16)(H,14,17). The normalized spacial score (nSPS) is 19.4.